The van der Waals surface area contributed by atoms with Crippen LogP contribution in [0.15, 0.2) is 48.8 Å². The van der Waals surface area contributed by atoms with Gasteiger partial charge < -0.3 is 21.1 Å². The minimum Gasteiger partial charge on any atom is -0.480 e. The van der Waals surface area contributed by atoms with Crippen molar-refractivity contribution in [1.82, 2.24) is 20.0 Å². The summed E-state index contributed by atoms with van der Waals surface area (Å²) in [4.78, 5) is 93.8. The first-order valence-corrected chi connectivity index (χ1v) is 23.3. The zero-order valence-corrected chi connectivity index (χ0v) is 36.7. The molecule has 7 N–H and O–H groups in total. The average molecular weight is 909 g/mol. The lowest BCUT2D eigenvalue weighted by Gasteiger charge is -2.14. The van der Waals surface area contributed by atoms with Crippen LogP contribution in [0.5, 0.6) is 0 Å². The van der Waals surface area contributed by atoms with Gasteiger partial charge in [0.1, 0.15) is 6.54 Å². The van der Waals surface area contributed by atoms with Crippen molar-refractivity contribution in [3.05, 3.63) is 80.8 Å². The zero-order chi connectivity index (χ0) is 45.0. The Morgan fingerprint density at radius 2 is 1.08 bits per heavy atom. The zero-order valence-electron chi connectivity index (χ0n) is 34.3. The van der Waals surface area contributed by atoms with E-state index in [1.165, 1.54) is 12.4 Å². The van der Waals surface area contributed by atoms with Gasteiger partial charge in [0.25, 0.3) is 0 Å². The summed E-state index contributed by atoms with van der Waals surface area (Å²) in [6.07, 6.45) is 11.2. The fraction of sp³-hybridized carbons (Fsp3) is 0.390. The fourth-order valence-corrected chi connectivity index (χ4v) is 9.05. The SMILES string of the molecule is Cc1ccc(NC(=O)Nc2ncc(CC(=O)NCC(=O)O)s2)c(C(=O)C2CCCC2)c1.Cc1ccc(NC(=O)Nc2ncc(CC(=O)NS(C)(=O)=O)s2)c(C(=O)C2CCCC2)c1. The molecule has 2 aromatic carbocycles. The van der Waals surface area contributed by atoms with E-state index in [0.717, 1.165) is 91.4 Å². The summed E-state index contributed by atoms with van der Waals surface area (Å²) in [6.45, 7) is 3.34. The average Bonchev–Trinajstić information content (AvgIpc) is 4.05. The van der Waals surface area contributed by atoms with Crippen molar-refractivity contribution in [2.45, 2.75) is 78.1 Å². The molecule has 2 aliphatic carbocycles. The summed E-state index contributed by atoms with van der Waals surface area (Å²) in [5, 5.41) is 22.0. The first-order chi connectivity index (χ1) is 29.4. The molecule has 0 radical (unpaired) electrons. The van der Waals surface area contributed by atoms with E-state index >= 15 is 0 Å². The number of nitrogens with zero attached hydrogens (tertiary/aromatic N) is 2. The van der Waals surface area contributed by atoms with Crippen LogP contribution in [0.4, 0.5) is 31.2 Å². The maximum atomic E-state index is 12.9. The highest BCUT2D eigenvalue weighted by Crippen LogP contribution is 2.33. The van der Waals surface area contributed by atoms with Crippen LogP contribution in [0.2, 0.25) is 0 Å². The van der Waals surface area contributed by atoms with Gasteiger partial charge in [-0.15, -0.1) is 22.7 Å². The number of hydrogen-bond donors (Lipinski definition) is 7. The van der Waals surface area contributed by atoms with Crippen molar-refractivity contribution in [2.24, 2.45) is 11.8 Å². The van der Waals surface area contributed by atoms with Crippen LogP contribution < -0.4 is 31.3 Å². The topological polar surface area (TPSA) is 272 Å². The lowest BCUT2D eigenvalue weighted by molar-refractivity contribution is -0.137. The minimum atomic E-state index is -3.63. The third-order valence-corrected chi connectivity index (χ3v) is 12.2. The van der Waals surface area contributed by atoms with Crippen LogP contribution >= 0.6 is 22.7 Å². The molecule has 6 amide bonds. The molecule has 21 heteroatoms. The standard InChI is InChI=1S/C21H24N4O5S.C20H24N4O5S2/c1-12-6-7-16(15(8-12)19(29)13-4-2-3-5-13)24-20(30)25-21-23-10-14(31-21)9-17(26)22-11-18(27)28;1-12-7-8-16(15(9-12)18(26)13-5-3-4-6-13)22-19(27)23-20-21-11-14(30-20)10-17(25)24-31(2,28)29/h6-8,10,13H,2-5,9,11H2,1H3,(H,22,26)(H,27,28)(H2,23,24,25,30);7-9,11,13H,3-6,10H2,1-2H3,(H,24,25)(H2,21,22,23,27). The van der Waals surface area contributed by atoms with Crippen LogP contribution in [-0.4, -0.2) is 77.7 Å². The number of carbonyl (C=O) groups excluding carboxylic acids is 6. The summed E-state index contributed by atoms with van der Waals surface area (Å²) >= 11 is 2.16. The number of aryl methyl sites for hydroxylation is 2. The molecule has 6 rings (SSSR count). The van der Waals surface area contributed by atoms with E-state index in [0.29, 0.717) is 32.3 Å². The number of aliphatic carboxylic acids is 1. The molecule has 62 heavy (non-hydrogen) atoms. The van der Waals surface area contributed by atoms with Crippen LogP contribution in [0.1, 0.15) is 93.0 Å². The second-order valence-electron chi connectivity index (χ2n) is 15.0. The second kappa shape index (κ2) is 21.6. The first-order valence-electron chi connectivity index (χ1n) is 19.8. The Kier molecular flexibility index (Phi) is 16.4. The number of benzene rings is 2. The van der Waals surface area contributed by atoms with E-state index in [9.17, 15) is 42.0 Å². The number of carbonyl (C=O) groups is 7. The Labute approximate surface area is 366 Å². The lowest BCUT2D eigenvalue weighted by atomic mass is 9.94. The quantitative estimate of drug-likeness (QED) is 0.0648. The molecule has 2 aromatic heterocycles. The number of carboxylic acids is 1. The lowest BCUT2D eigenvalue weighted by Crippen LogP contribution is -2.30. The molecule has 0 atom stereocenters. The first kappa shape index (κ1) is 47.0. The summed E-state index contributed by atoms with van der Waals surface area (Å²) in [5.41, 5.74) is 3.77. The molecule has 2 aliphatic rings. The molecule has 0 aliphatic heterocycles. The van der Waals surface area contributed by atoms with Crippen LogP contribution in [0.25, 0.3) is 0 Å². The maximum Gasteiger partial charge on any atom is 0.325 e. The van der Waals surface area contributed by atoms with Crippen molar-refractivity contribution < 1.29 is 47.1 Å². The summed E-state index contributed by atoms with van der Waals surface area (Å²) in [6, 6.07) is 9.57. The van der Waals surface area contributed by atoms with Crippen LogP contribution in [0, 0.1) is 25.7 Å². The highest BCUT2D eigenvalue weighted by atomic mass is 32.2. The Morgan fingerprint density at radius 1 is 0.661 bits per heavy atom. The van der Waals surface area contributed by atoms with Crippen molar-refractivity contribution in [1.29, 1.82) is 0 Å². The van der Waals surface area contributed by atoms with Crippen molar-refractivity contribution >= 4 is 95.7 Å². The second-order valence-corrected chi connectivity index (χ2v) is 19.0. The van der Waals surface area contributed by atoms with Gasteiger partial charge >= 0.3 is 18.0 Å². The van der Waals surface area contributed by atoms with E-state index in [-0.39, 0.29) is 46.5 Å². The van der Waals surface area contributed by atoms with Gasteiger partial charge in [-0.25, -0.2) is 28.0 Å². The van der Waals surface area contributed by atoms with Gasteiger partial charge in [0.2, 0.25) is 21.8 Å². The normalized spacial score (nSPS) is 13.9. The molecule has 2 fully saturated rings. The number of hydrogen-bond acceptors (Lipinski definition) is 13. The smallest absolute Gasteiger partial charge is 0.325 e. The molecule has 18 nitrogen and oxygen atoms in total. The number of rotatable bonds is 15. The van der Waals surface area contributed by atoms with Gasteiger partial charge in [-0.1, -0.05) is 48.9 Å². The highest BCUT2D eigenvalue weighted by molar-refractivity contribution is 7.89. The van der Waals surface area contributed by atoms with E-state index < -0.39 is 46.4 Å². The van der Waals surface area contributed by atoms with E-state index in [1.807, 2.05) is 30.7 Å². The number of carboxylic acid groups (broad SMARTS) is 1. The van der Waals surface area contributed by atoms with Gasteiger partial charge in [-0.2, -0.15) is 0 Å². The number of aromatic nitrogens is 2. The molecule has 0 bridgehead atoms. The molecule has 0 spiro atoms. The molecular weight excluding hydrogens is 861 g/mol. The number of urea groups is 2. The van der Waals surface area contributed by atoms with Gasteiger partial charge in [0.15, 0.2) is 21.8 Å². The monoisotopic (exact) mass is 908 g/mol. The summed E-state index contributed by atoms with van der Waals surface area (Å²) in [7, 11) is -3.63. The Hall–Kier alpha value is -6.06. The molecule has 0 saturated heterocycles. The third kappa shape index (κ3) is 14.5. The van der Waals surface area contributed by atoms with Crippen molar-refractivity contribution in [3.63, 3.8) is 0 Å². The number of thiazole rings is 2. The molecule has 0 unspecified atom stereocenters. The molecule has 2 saturated carbocycles. The predicted octanol–water partition coefficient (Wildman–Crippen LogP) is 6.30. The van der Waals surface area contributed by atoms with E-state index in [4.69, 9.17) is 5.11 Å². The van der Waals surface area contributed by atoms with Gasteiger partial charge in [-0.3, -0.25) is 39.3 Å². The summed E-state index contributed by atoms with van der Waals surface area (Å²) in [5.74, 6) is -2.17. The highest BCUT2D eigenvalue weighted by Gasteiger charge is 2.28. The maximum absolute atomic E-state index is 12.9. The number of nitrogens with one attached hydrogen (secondary N) is 6. The molecular formula is C41H48N8O10S3. The van der Waals surface area contributed by atoms with Gasteiger partial charge in [0, 0.05) is 45.1 Å². The van der Waals surface area contributed by atoms with Crippen LogP contribution in [0.3, 0.4) is 0 Å². The minimum absolute atomic E-state index is 0.000736. The largest absolute Gasteiger partial charge is 0.480 e. The van der Waals surface area contributed by atoms with Crippen molar-refractivity contribution in [3.8, 4) is 0 Å². The Morgan fingerprint density at radius 3 is 1.48 bits per heavy atom. The summed E-state index contributed by atoms with van der Waals surface area (Å²) < 4.78 is 24.1. The molecule has 330 valence electrons. The van der Waals surface area contributed by atoms with Gasteiger partial charge in [0.05, 0.1) is 30.5 Å². The number of Topliss-reactive ketones (excluding diaryl/α,β-unsaturated/α-hetero) is 2. The predicted molar refractivity (Wildman–Crippen MR) is 235 cm³/mol. The Balaban J connectivity index is 0.000000234. The molecule has 4 aromatic rings. The number of amides is 6. The van der Waals surface area contributed by atoms with E-state index in [2.05, 4.69) is 36.6 Å². The van der Waals surface area contributed by atoms with Crippen molar-refractivity contribution in [2.75, 3.05) is 34.1 Å². The third-order valence-electron chi connectivity index (χ3n) is 9.78. The van der Waals surface area contributed by atoms with Crippen LogP contribution in [-0.2, 0) is 37.2 Å². The van der Waals surface area contributed by atoms with E-state index in [1.54, 1.807) is 24.3 Å². The molecule has 2 heterocycles. The number of sulfonamides is 1. The fourth-order valence-electron chi connectivity index (χ4n) is 6.95. The van der Waals surface area contributed by atoms with Gasteiger partial charge in [-0.05, 0) is 63.8 Å². The Bertz CT molecular complexity index is 2440. The number of anilines is 4. The number of ketones is 2.